The molecule has 31 heavy (non-hydrogen) atoms. The van der Waals surface area contributed by atoms with Crippen LogP contribution in [0, 0.1) is 0 Å². The number of sulfonamides is 1. The van der Waals surface area contributed by atoms with Crippen LogP contribution in [0.5, 0.6) is 0 Å². The summed E-state index contributed by atoms with van der Waals surface area (Å²) in [4.78, 5) is 30.2. The molecule has 4 rings (SSSR count). The number of anilines is 1. The van der Waals surface area contributed by atoms with Gasteiger partial charge in [-0.3, -0.25) is 9.59 Å². The number of nitrogens with zero attached hydrogens (tertiary/aromatic N) is 2. The summed E-state index contributed by atoms with van der Waals surface area (Å²) < 4.78 is 23.1. The van der Waals surface area contributed by atoms with Crippen LogP contribution < -0.4 is 10.0 Å². The van der Waals surface area contributed by atoms with Crippen LogP contribution in [-0.2, 0) is 26.2 Å². The third kappa shape index (κ3) is 4.02. The monoisotopic (exact) mass is 453 g/mol. The standard InChI is InChI=1S/C22H19N3O4S2/c1-24(14-15-6-3-2-4-7-15)20-19(18-8-5-13-30-18)21(26)25(22(20)27)16-9-11-17(12-10-16)31(23,28)29/h2-13H,14H2,1H3,(H2,23,28,29). The van der Waals surface area contributed by atoms with E-state index in [4.69, 9.17) is 5.14 Å². The van der Waals surface area contributed by atoms with E-state index < -0.39 is 21.8 Å². The van der Waals surface area contributed by atoms with Crippen LogP contribution in [0.2, 0.25) is 0 Å². The van der Waals surface area contributed by atoms with E-state index in [2.05, 4.69) is 0 Å². The van der Waals surface area contributed by atoms with Gasteiger partial charge in [0.1, 0.15) is 5.70 Å². The number of benzene rings is 2. The number of hydrogen-bond acceptors (Lipinski definition) is 6. The number of thiophene rings is 1. The van der Waals surface area contributed by atoms with Gasteiger partial charge < -0.3 is 4.90 Å². The van der Waals surface area contributed by atoms with Gasteiger partial charge in [-0.2, -0.15) is 0 Å². The molecule has 0 aliphatic carbocycles. The number of nitrogens with two attached hydrogens (primary N) is 1. The van der Waals surface area contributed by atoms with Gasteiger partial charge in [-0.25, -0.2) is 18.5 Å². The lowest BCUT2D eigenvalue weighted by molar-refractivity contribution is -0.120. The normalized spacial score (nSPS) is 14.5. The zero-order valence-electron chi connectivity index (χ0n) is 16.6. The summed E-state index contributed by atoms with van der Waals surface area (Å²) >= 11 is 1.38. The highest BCUT2D eigenvalue weighted by Gasteiger charge is 2.42. The average Bonchev–Trinajstić information content (AvgIpc) is 3.34. The van der Waals surface area contributed by atoms with Gasteiger partial charge in [0, 0.05) is 18.5 Å². The molecular formula is C22H19N3O4S2. The fourth-order valence-corrected chi connectivity index (χ4v) is 4.75. The zero-order chi connectivity index (χ0) is 22.2. The average molecular weight is 454 g/mol. The van der Waals surface area contributed by atoms with Gasteiger partial charge in [0.15, 0.2) is 0 Å². The summed E-state index contributed by atoms with van der Waals surface area (Å²) in [5, 5.41) is 6.99. The van der Waals surface area contributed by atoms with Crippen LogP contribution in [0.15, 0.2) is 82.7 Å². The molecule has 0 saturated carbocycles. The van der Waals surface area contributed by atoms with Gasteiger partial charge in [-0.05, 0) is 41.3 Å². The number of imide groups is 1. The molecule has 0 atom stereocenters. The van der Waals surface area contributed by atoms with E-state index in [1.54, 1.807) is 18.0 Å². The first-order valence-electron chi connectivity index (χ1n) is 9.32. The zero-order valence-corrected chi connectivity index (χ0v) is 18.2. The van der Waals surface area contributed by atoms with Crippen molar-refractivity contribution in [3.63, 3.8) is 0 Å². The third-order valence-electron chi connectivity index (χ3n) is 4.89. The molecule has 2 aromatic carbocycles. The van der Waals surface area contributed by atoms with Crippen molar-refractivity contribution >= 4 is 44.4 Å². The summed E-state index contributed by atoms with van der Waals surface area (Å²) in [6.07, 6.45) is 0. The predicted molar refractivity (Wildman–Crippen MR) is 119 cm³/mol. The lowest BCUT2D eigenvalue weighted by atomic mass is 10.1. The van der Waals surface area contributed by atoms with E-state index in [1.807, 2.05) is 41.8 Å². The largest absolute Gasteiger partial charge is 0.365 e. The number of amides is 2. The molecule has 0 spiro atoms. The molecule has 7 nitrogen and oxygen atoms in total. The second-order valence-electron chi connectivity index (χ2n) is 7.03. The van der Waals surface area contributed by atoms with Crippen molar-refractivity contribution in [2.45, 2.75) is 11.4 Å². The molecule has 1 aliphatic rings. The van der Waals surface area contributed by atoms with Gasteiger partial charge in [-0.15, -0.1) is 11.3 Å². The lowest BCUT2D eigenvalue weighted by Gasteiger charge is -2.21. The fourth-order valence-electron chi connectivity index (χ4n) is 3.47. The summed E-state index contributed by atoms with van der Waals surface area (Å²) in [5.41, 5.74) is 1.90. The van der Waals surface area contributed by atoms with E-state index in [0.29, 0.717) is 22.7 Å². The molecule has 0 bridgehead atoms. The van der Waals surface area contributed by atoms with Crippen LogP contribution in [0.3, 0.4) is 0 Å². The van der Waals surface area contributed by atoms with E-state index in [9.17, 15) is 18.0 Å². The SMILES string of the molecule is CN(Cc1ccccc1)C1=C(c2cccs2)C(=O)N(c2ccc(S(N)(=O)=O)cc2)C1=O. The summed E-state index contributed by atoms with van der Waals surface area (Å²) in [5.74, 6) is -0.916. The van der Waals surface area contributed by atoms with E-state index in [0.717, 1.165) is 10.5 Å². The van der Waals surface area contributed by atoms with E-state index in [1.165, 1.54) is 35.6 Å². The third-order valence-corrected chi connectivity index (χ3v) is 6.71. The maximum atomic E-state index is 13.4. The molecule has 0 radical (unpaired) electrons. The molecule has 2 amide bonds. The highest BCUT2D eigenvalue weighted by Crippen LogP contribution is 2.36. The minimum Gasteiger partial charge on any atom is -0.365 e. The molecule has 9 heteroatoms. The second kappa shape index (κ2) is 8.10. The van der Waals surface area contributed by atoms with Crippen LogP contribution >= 0.6 is 11.3 Å². The molecule has 158 valence electrons. The quantitative estimate of drug-likeness (QED) is 0.579. The van der Waals surface area contributed by atoms with Crippen LogP contribution in [0.25, 0.3) is 5.57 Å². The number of primary sulfonamides is 1. The Morgan fingerprint density at radius 3 is 2.19 bits per heavy atom. The van der Waals surface area contributed by atoms with Gasteiger partial charge in [0.2, 0.25) is 10.0 Å². The number of hydrogen-bond donors (Lipinski definition) is 1. The number of rotatable bonds is 6. The second-order valence-corrected chi connectivity index (χ2v) is 9.54. The summed E-state index contributed by atoms with van der Waals surface area (Å²) in [6.45, 7) is 0.447. The molecule has 0 fully saturated rings. The fraction of sp³-hybridized carbons (Fsp3) is 0.0909. The van der Waals surface area contributed by atoms with Crippen molar-refractivity contribution in [3.8, 4) is 0 Å². The molecule has 1 aromatic heterocycles. The van der Waals surface area contributed by atoms with Crippen molar-refractivity contribution in [2.24, 2.45) is 5.14 Å². The van der Waals surface area contributed by atoms with Crippen LogP contribution in [-0.4, -0.2) is 32.2 Å². The van der Waals surface area contributed by atoms with E-state index in [-0.39, 0.29) is 10.6 Å². The minimum absolute atomic E-state index is 0.0943. The van der Waals surface area contributed by atoms with Crippen LogP contribution in [0.1, 0.15) is 10.4 Å². The molecule has 1 aliphatic heterocycles. The topological polar surface area (TPSA) is 101 Å². The highest BCUT2D eigenvalue weighted by atomic mass is 32.2. The maximum absolute atomic E-state index is 13.4. The van der Waals surface area contributed by atoms with Gasteiger partial charge in [-0.1, -0.05) is 36.4 Å². The summed E-state index contributed by atoms with van der Waals surface area (Å²) in [6, 6.07) is 18.6. The maximum Gasteiger partial charge on any atom is 0.282 e. The Morgan fingerprint density at radius 1 is 0.935 bits per heavy atom. The van der Waals surface area contributed by atoms with Gasteiger partial charge in [0.05, 0.1) is 16.2 Å². The van der Waals surface area contributed by atoms with Gasteiger partial charge >= 0.3 is 0 Å². The Balaban J connectivity index is 1.74. The lowest BCUT2D eigenvalue weighted by Crippen LogP contribution is -2.34. The summed E-state index contributed by atoms with van der Waals surface area (Å²) in [7, 11) is -2.11. The van der Waals surface area contributed by atoms with E-state index >= 15 is 0 Å². The number of carbonyl (C=O) groups excluding carboxylic acids is 2. The Bertz CT molecular complexity index is 1270. The molecule has 2 N–H and O–H groups in total. The Kier molecular flexibility index (Phi) is 5.48. The van der Waals surface area contributed by atoms with Crippen molar-refractivity contribution in [1.82, 2.24) is 4.90 Å². The number of carbonyl (C=O) groups is 2. The van der Waals surface area contributed by atoms with Crippen LogP contribution in [0.4, 0.5) is 5.69 Å². The van der Waals surface area contributed by atoms with Crippen molar-refractivity contribution in [3.05, 3.63) is 88.2 Å². The Labute approximate surface area is 184 Å². The molecule has 3 aromatic rings. The first kappa shape index (κ1) is 21.0. The first-order chi connectivity index (χ1) is 14.8. The molecular weight excluding hydrogens is 434 g/mol. The smallest absolute Gasteiger partial charge is 0.282 e. The van der Waals surface area contributed by atoms with Crippen molar-refractivity contribution in [2.75, 3.05) is 11.9 Å². The van der Waals surface area contributed by atoms with Crippen molar-refractivity contribution in [1.29, 1.82) is 0 Å². The number of likely N-dealkylation sites (N-methyl/N-ethyl adjacent to an activating group) is 1. The first-order valence-corrected chi connectivity index (χ1v) is 11.7. The predicted octanol–water partition coefficient (Wildman–Crippen LogP) is 2.81. The Morgan fingerprint density at radius 2 is 1.61 bits per heavy atom. The Hall–Kier alpha value is -3.27. The van der Waals surface area contributed by atoms with Gasteiger partial charge in [0.25, 0.3) is 11.8 Å². The highest BCUT2D eigenvalue weighted by molar-refractivity contribution is 7.89. The molecule has 0 saturated heterocycles. The van der Waals surface area contributed by atoms with Crippen molar-refractivity contribution < 1.29 is 18.0 Å². The molecule has 0 unspecified atom stereocenters. The molecule has 2 heterocycles. The minimum atomic E-state index is -3.88.